The summed E-state index contributed by atoms with van der Waals surface area (Å²) in [5, 5.41) is 12.3. The van der Waals surface area contributed by atoms with Crippen LogP contribution in [-0.2, 0) is 4.79 Å². The van der Waals surface area contributed by atoms with Crippen molar-refractivity contribution in [3.8, 4) is 0 Å². The average Bonchev–Trinajstić information content (AvgIpc) is 2.39. The second-order valence-corrected chi connectivity index (χ2v) is 5.44. The summed E-state index contributed by atoms with van der Waals surface area (Å²) < 4.78 is 14.7. The van der Waals surface area contributed by atoms with Crippen LogP contribution in [0.3, 0.4) is 0 Å². The summed E-state index contributed by atoms with van der Waals surface area (Å²) >= 11 is 8.95. The Bertz CT molecular complexity index is 634. The molecular formula is C14H10BrClFNO2. The Kier molecular flexibility index (Phi) is 4.62. The topological polar surface area (TPSA) is 49.3 Å². The lowest BCUT2D eigenvalue weighted by Crippen LogP contribution is -2.21. The van der Waals surface area contributed by atoms with E-state index >= 15 is 0 Å². The lowest BCUT2D eigenvalue weighted by Gasteiger charge is -2.17. The van der Waals surface area contributed by atoms with Gasteiger partial charge in [-0.05, 0) is 36.4 Å². The molecule has 0 aliphatic rings. The summed E-state index contributed by atoms with van der Waals surface area (Å²) in [6, 6.07) is 9.66. The zero-order chi connectivity index (χ0) is 14.7. The SMILES string of the molecule is O=C(O)C(Nc1ccc(Br)cc1)c1ccc(Cl)cc1F. The van der Waals surface area contributed by atoms with E-state index in [1.165, 1.54) is 12.1 Å². The van der Waals surface area contributed by atoms with E-state index < -0.39 is 17.8 Å². The van der Waals surface area contributed by atoms with Crippen LogP contribution in [0.5, 0.6) is 0 Å². The van der Waals surface area contributed by atoms with E-state index in [0.29, 0.717) is 5.69 Å². The van der Waals surface area contributed by atoms with E-state index in [-0.39, 0.29) is 10.6 Å². The van der Waals surface area contributed by atoms with Crippen molar-refractivity contribution in [3.63, 3.8) is 0 Å². The van der Waals surface area contributed by atoms with Crippen molar-refractivity contribution < 1.29 is 14.3 Å². The maximum absolute atomic E-state index is 13.8. The van der Waals surface area contributed by atoms with Gasteiger partial charge in [0.2, 0.25) is 0 Å². The molecule has 0 saturated carbocycles. The summed E-state index contributed by atoms with van der Waals surface area (Å²) in [4.78, 5) is 11.3. The van der Waals surface area contributed by atoms with E-state index in [0.717, 1.165) is 10.5 Å². The van der Waals surface area contributed by atoms with E-state index in [9.17, 15) is 14.3 Å². The number of carboxylic acids is 1. The maximum Gasteiger partial charge on any atom is 0.330 e. The molecule has 0 amide bonds. The summed E-state index contributed by atoms with van der Waals surface area (Å²) in [6.45, 7) is 0. The van der Waals surface area contributed by atoms with Gasteiger partial charge in [0.25, 0.3) is 0 Å². The Hall–Kier alpha value is -1.59. The maximum atomic E-state index is 13.8. The quantitative estimate of drug-likeness (QED) is 0.847. The van der Waals surface area contributed by atoms with Gasteiger partial charge in [-0.1, -0.05) is 33.6 Å². The molecule has 2 aromatic carbocycles. The Labute approximate surface area is 128 Å². The Morgan fingerprint density at radius 3 is 2.45 bits per heavy atom. The summed E-state index contributed by atoms with van der Waals surface area (Å²) in [6.07, 6.45) is 0. The third kappa shape index (κ3) is 3.49. The molecule has 0 aromatic heterocycles. The highest BCUT2D eigenvalue weighted by Crippen LogP contribution is 2.25. The fraction of sp³-hybridized carbons (Fsp3) is 0.0714. The van der Waals surface area contributed by atoms with Gasteiger partial charge in [-0.3, -0.25) is 0 Å². The normalized spacial score (nSPS) is 11.9. The summed E-state index contributed by atoms with van der Waals surface area (Å²) in [5.41, 5.74) is 0.611. The van der Waals surface area contributed by atoms with Crippen molar-refractivity contribution in [2.75, 3.05) is 5.32 Å². The number of carboxylic acid groups (broad SMARTS) is 1. The second-order valence-electron chi connectivity index (χ2n) is 4.09. The molecule has 0 aliphatic heterocycles. The van der Waals surface area contributed by atoms with Crippen LogP contribution >= 0.6 is 27.5 Å². The minimum absolute atomic E-state index is 0.0322. The molecule has 2 aromatic rings. The molecule has 0 bridgehead atoms. The van der Waals surface area contributed by atoms with Crippen molar-refractivity contribution in [1.29, 1.82) is 0 Å². The van der Waals surface area contributed by atoms with Crippen LogP contribution in [0.2, 0.25) is 5.02 Å². The molecular weight excluding hydrogens is 349 g/mol. The van der Waals surface area contributed by atoms with E-state index in [4.69, 9.17) is 11.6 Å². The smallest absolute Gasteiger partial charge is 0.330 e. The average molecular weight is 359 g/mol. The minimum Gasteiger partial charge on any atom is -0.479 e. The molecule has 1 unspecified atom stereocenters. The first-order valence-electron chi connectivity index (χ1n) is 5.67. The molecule has 104 valence electrons. The van der Waals surface area contributed by atoms with Crippen LogP contribution in [0, 0.1) is 5.82 Å². The van der Waals surface area contributed by atoms with Crippen LogP contribution in [0.15, 0.2) is 46.9 Å². The number of hydrogen-bond donors (Lipinski definition) is 2. The standard InChI is InChI=1S/C14H10BrClFNO2/c15-8-1-4-10(5-2-8)18-13(14(19)20)11-6-3-9(16)7-12(11)17/h1-7,13,18H,(H,19,20). The molecule has 0 heterocycles. The van der Waals surface area contributed by atoms with Crippen LogP contribution in [0.25, 0.3) is 0 Å². The minimum atomic E-state index is -1.19. The number of hydrogen-bond acceptors (Lipinski definition) is 2. The molecule has 2 rings (SSSR count). The van der Waals surface area contributed by atoms with Gasteiger partial charge < -0.3 is 10.4 Å². The van der Waals surface area contributed by atoms with Gasteiger partial charge in [0, 0.05) is 20.7 Å². The predicted octanol–water partition coefficient (Wildman–Crippen LogP) is 4.48. The predicted molar refractivity (Wildman–Crippen MR) is 79.6 cm³/mol. The van der Waals surface area contributed by atoms with Gasteiger partial charge in [-0.2, -0.15) is 0 Å². The van der Waals surface area contributed by atoms with Crippen LogP contribution < -0.4 is 5.32 Å². The third-order valence-electron chi connectivity index (χ3n) is 2.68. The first-order valence-corrected chi connectivity index (χ1v) is 6.84. The highest BCUT2D eigenvalue weighted by molar-refractivity contribution is 9.10. The molecule has 0 spiro atoms. The van der Waals surface area contributed by atoms with Gasteiger partial charge in [-0.25, -0.2) is 9.18 Å². The number of halogens is 3. The Balaban J connectivity index is 2.31. The van der Waals surface area contributed by atoms with Gasteiger partial charge in [0.1, 0.15) is 5.82 Å². The zero-order valence-electron chi connectivity index (χ0n) is 10.1. The molecule has 2 N–H and O–H groups in total. The van der Waals surface area contributed by atoms with Crippen molar-refractivity contribution >= 4 is 39.2 Å². The highest BCUT2D eigenvalue weighted by Gasteiger charge is 2.23. The van der Waals surface area contributed by atoms with Crippen molar-refractivity contribution in [3.05, 3.63) is 63.3 Å². The van der Waals surface area contributed by atoms with Crippen molar-refractivity contribution in [2.24, 2.45) is 0 Å². The lowest BCUT2D eigenvalue weighted by molar-refractivity contribution is -0.138. The fourth-order valence-corrected chi connectivity index (χ4v) is 2.14. The lowest BCUT2D eigenvalue weighted by atomic mass is 10.1. The van der Waals surface area contributed by atoms with Crippen LogP contribution in [0.4, 0.5) is 10.1 Å². The van der Waals surface area contributed by atoms with Gasteiger partial charge >= 0.3 is 5.97 Å². The zero-order valence-corrected chi connectivity index (χ0v) is 12.5. The summed E-state index contributed by atoms with van der Waals surface area (Å²) in [5.74, 6) is -1.83. The Morgan fingerprint density at radius 1 is 1.25 bits per heavy atom. The number of anilines is 1. The molecule has 0 fully saturated rings. The molecule has 0 saturated heterocycles. The third-order valence-corrected chi connectivity index (χ3v) is 3.44. The van der Waals surface area contributed by atoms with Gasteiger partial charge in [-0.15, -0.1) is 0 Å². The second kappa shape index (κ2) is 6.24. The number of carbonyl (C=O) groups is 1. The van der Waals surface area contributed by atoms with E-state index in [1.807, 2.05) is 0 Å². The molecule has 1 atom stereocenters. The largest absolute Gasteiger partial charge is 0.479 e. The fourth-order valence-electron chi connectivity index (χ4n) is 1.72. The molecule has 20 heavy (non-hydrogen) atoms. The first-order chi connectivity index (χ1) is 9.47. The number of benzene rings is 2. The molecule has 6 heteroatoms. The van der Waals surface area contributed by atoms with Crippen LogP contribution in [-0.4, -0.2) is 11.1 Å². The molecule has 0 aliphatic carbocycles. The molecule has 0 radical (unpaired) electrons. The first kappa shape index (κ1) is 14.8. The molecule has 3 nitrogen and oxygen atoms in total. The van der Waals surface area contributed by atoms with E-state index in [2.05, 4.69) is 21.2 Å². The van der Waals surface area contributed by atoms with E-state index in [1.54, 1.807) is 24.3 Å². The number of aliphatic carboxylic acids is 1. The number of nitrogens with one attached hydrogen (secondary N) is 1. The van der Waals surface area contributed by atoms with Crippen LogP contribution in [0.1, 0.15) is 11.6 Å². The highest BCUT2D eigenvalue weighted by atomic mass is 79.9. The monoisotopic (exact) mass is 357 g/mol. The number of rotatable bonds is 4. The summed E-state index contributed by atoms with van der Waals surface area (Å²) in [7, 11) is 0. The van der Waals surface area contributed by atoms with Crippen molar-refractivity contribution in [1.82, 2.24) is 0 Å². The van der Waals surface area contributed by atoms with Gasteiger partial charge in [0.15, 0.2) is 6.04 Å². The van der Waals surface area contributed by atoms with Gasteiger partial charge in [0.05, 0.1) is 0 Å². The Morgan fingerprint density at radius 2 is 1.90 bits per heavy atom. The van der Waals surface area contributed by atoms with Crippen molar-refractivity contribution in [2.45, 2.75) is 6.04 Å².